The van der Waals surface area contributed by atoms with Crippen molar-refractivity contribution in [1.82, 2.24) is 19.5 Å². The van der Waals surface area contributed by atoms with Gasteiger partial charge in [0.05, 0.1) is 16.6 Å². The van der Waals surface area contributed by atoms with E-state index in [2.05, 4.69) is 174 Å². The topological polar surface area (TPSA) is 69.9 Å². The Kier molecular flexibility index (Phi) is 7.02. The van der Waals surface area contributed by atoms with E-state index in [0.29, 0.717) is 23.1 Å². The smallest absolute Gasteiger partial charge is 0.167 e. The monoisotopic (exact) mass is 804 g/mol. The maximum atomic E-state index is 7.08. The Hall–Kier alpha value is -8.61. The van der Waals surface area contributed by atoms with E-state index in [4.69, 9.17) is 23.8 Å². The van der Waals surface area contributed by atoms with E-state index in [9.17, 15) is 0 Å². The summed E-state index contributed by atoms with van der Waals surface area (Å²) in [5.74, 6) is 1.61. The third-order valence-electron chi connectivity index (χ3n) is 12.8. The van der Waals surface area contributed by atoms with E-state index in [1.165, 1.54) is 21.5 Å². The van der Waals surface area contributed by atoms with Gasteiger partial charge in [-0.3, -0.25) is 0 Å². The van der Waals surface area contributed by atoms with Crippen molar-refractivity contribution in [2.75, 3.05) is 0 Å². The molecule has 0 aliphatic rings. The van der Waals surface area contributed by atoms with Gasteiger partial charge >= 0.3 is 0 Å². The molecule has 63 heavy (non-hydrogen) atoms. The van der Waals surface area contributed by atoms with Gasteiger partial charge in [0.25, 0.3) is 0 Å². The van der Waals surface area contributed by atoms with Crippen LogP contribution in [0.15, 0.2) is 203 Å². The van der Waals surface area contributed by atoms with Crippen LogP contribution >= 0.6 is 0 Å². The summed E-state index contributed by atoms with van der Waals surface area (Å²) in [6.07, 6.45) is 0. The number of aromatic nitrogens is 4. The van der Waals surface area contributed by atoms with Crippen LogP contribution in [0.2, 0.25) is 0 Å². The quantitative estimate of drug-likeness (QED) is 0.177. The van der Waals surface area contributed by atoms with Gasteiger partial charge in [-0.05, 0) is 81.5 Å². The molecular formula is C57H32N4O2. The fraction of sp³-hybridized carbons (Fsp3) is 0. The minimum Gasteiger partial charge on any atom is -0.456 e. The lowest BCUT2D eigenvalue weighted by Gasteiger charge is -2.13. The maximum absolute atomic E-state index is 7.08. The first-order valence-electron chi connectivity index (χ1n) is 21.2. The fourth-order valence-electron chi connectivity index (χ4n) is 9.85. The number of rotatable bonds is 4. The number of furan rings is 2. The van der Waals surface area contributed by atoms with Gasteiger partial charge in [-0.2, -0.15) is 0 Å². The Morgan fingerprint density at radius 3 is 1.81 bits per heavy atom. The first-order valence-corrected chi connectivity index (χ1v) is 21.2. The molecule has 4 heterocycles. The highest BCUT2D eigenvalue weighted by Gasteiger charge is 2.23. The van der Waals surface area contributed by atoms with E-state index in [0.717, 1.165) is 93.2 Å². The molecule has 0 N–H and O–H groups in total. The Balaban J connectivity index is 1.10. The second-order valence-corrected chi connectivity index (χ2v) is 16.3. The fourth-order valence-corrected chi connectivity index (χ4v) is 9.85. The molecule has 4 aromatic heterocycles. The predicted octanol–water partition coefficient (Wildman–Crippen LogP) is 15.2. The summed E-state index contributed by atoms with van der Waals surface area (Å²) in [4.78, 5) is 16.0. The van der Waals surface area contributed by atoms with Crippen LogP contribution in [0.25, 0.3) is 138 Å². The lowest BCUT2D eigenvalue weighted by atomic mass is 10.0. The molecule has 0 unspecified atom stereocenters. The van der Waals surface area contributed by atoms with Crippen LogP contribution in [0.1, 0.15) is 0 Å². The van der Waals surface area contributed by atoms with Gasteiger partial charge in [0.2, 0.25) is 0 Å². The molecule has 10 aromatic carbocycles. The number of para-hydroxylation sites is 2. The molecule has 0 bridgehead atoms. The first-order chi connectivity index (χ1) is 31.2. The third kappa shape index (κ3) is 5.09. The van der Waals surface area contributed by atoms with Gasteiger partial charge in [-0.15, -0.1) is 0 Å². The largest absolute Gasteiger partial charge is 0.456 e. The molecule has 0 saturated carbocycles. The molecule has 0 aliphatic carbocycles. The summed E-state index contributed by atoms with van der Waals surface area (Å²) < 4.78 is 15.9. The van der Waals surface area contributed by atoms with Crippen LogP contribution in [-0.4, -0.2) is 19.5 Å². The summed E-state index contributed by atoms with van der Waals surface area (Å²) in [6, 6.07) is 68.1. The normalized spacial score (nSPS) is 12.1. The molecule has 0 radical (unpaired) electrons. The molecule has 0 atom stereocenters. The number of nitrogens with zero attached hydrogens (tertiary/aromatic N) is 4. The zero-order valence-electron chi connectivity index (χ0n) is 33.6. The zero-order chi connectivity index (χ0) is 41.2. The van der Waals surface area contributed by atoms with Crippen LogP contribution < -0.4 is 0 Å². The molecule has 0 aliphatic heterocycles. The van der Waals surface area contributed by atoms with Crippen molar-refractivity contribution < 1.29 is 8.83 Å². The molecule has 0 saturated heterocycles. The summed E-state index contributed by atoms with van der Waals surface area (Å²) >= 11 is 0. The summed E-state index contributed by atoms with van der Waals surface area (Å²) in [6.45, 7) is 0. The lowest BCUT2D eigenvalue weighted by Crippen LogP contribution is -2.02. The lowest BCUT2D eigenvalue weighted by molar-refractivity contribution is 0.669. The third-order valence-corrected chi connectivity index (χ3v) is 12.8. The van der Waals surface area contributed by atoms with Crippen molar-refractivity contribution in [3.63, 3.8) is 0 Å². The number of hydrogen-bond acceptors (Lipinski definition) is 5. The standard InChI is InChI=1S/C57H32N4O2/c1-2-15-36-29-50-46(28-35(36)14-1)41-19-7-9-22-49(41)61(50)38-31-47-44-27-24-34-13-4-6-18-40(34)53(44)63-54(47)48(32-38)57-59-55(37-25-26-43-42-20-8-10-23-51(42)62-52(43)30-37)58-56(60-57)45-21-11-16-33-12-3-5-17-39(33)45/h1-32H. The van der Waals surface area contributed by atoms with Crippen molar-refractivity contribution in [1.29, 1.82) is 0 Å². The van der Waals surface area contributed by atoms with E-state index in [-0.39, 0.29) is 0 Å². The van der Waals surface area contributed by atoms with Gasteiger partial charge in [0.15, 0.2) is 17.5 Å². The highest BCUT2D eigenvalue weighted by molar-refractivity contribution is 6.19. The molecule has 0 fully saturated rings. The molecule has 292 valence electrons. The second-order valence-electron chi connectivity index (χ2n) is 16.3. The molecule has 0 amide bonds. The summed E-state index contributed by atoms with van der Waals surface area (Å²) in [7, 11) is 0. The molecular weight excluding hydrogens is 773 g/mol. The average molecular weight is 805 g/mol. The van der Waals surface area contributed by atoms with Gasteiger partial charge in [-0.1, -0.05) is 140 Å². The van der Waals surface area contributed by atoms with Gasteiger partial charge in [0, 0.05) is 54.5 Å². The van der Waals surface area contributed by atoms with Crippen molar-refractivity contribution in [3.05, 3.63) is 194 Å². The van der Waals surface area contributed by atoms with Crippen molar-refractivity contribution in [2.45, 2.75) is 0 Å². The van der Waals surface area contributed by atoms with Crippen molar-refractivity contribution in [2.24, 2.45) is 0 Å². The Bertz CT molecular complexity index is 4230. The zero-order valence-corrected chi connectivity index (χ0v) is 33.6. The minimum atomic E-state index is 0.508. The van der Waals surface area contributed by atoms with Gasteiger partial charge in [-0.25, -0.2) is 15.0 Å². The number of fused-ring (bicyclic) bond motifs is 13. The molecule has 6 nitrogen and oxygen atoms in total. The number of benzene rings is 10. The molecule has 14 aromatic rings. The minimum absolute atomic E-state index is 0.508. The average Bonchev–Trinajstić information content (AvgIpc) is 4.02. The highest BCUT2D eigenvalue weighted by atomic mass is 16.3. The van der Waals surface area contributed by atoms with E-state index >= 15 is 0 Å². The van der Waals surface area contributed by atoms with E-state index in [1.54, 1.807) is 0 Å². The Labute approximate surface area is 358 Å². The molecule has 0 spiro atoms. The summed E-state index contributed by atoms with van der Waals surface area (Å²) in [5.41, 5.74) is 8.87. The highest BCUT2D eigenvalue weighted by Crippen LogP contribution is 2.43. The van der Waals surface area contributed by atoms with Crippen LogP contribution in [0.3, 0.4) is 0 Å². The predicted molar refractivity (Wildman–Crippen MR) is 258 cm³/mol. The van der Waals surface area contributed by atoms with Crippen LogP contribution in [0.4, 0.5) is 0 Å². The van der Waals surface area contributed by atoms with Crippen LogP contribution in [0.5, 0.6) is 0 Å². The van der Waals surface area contributed by atoms with Gasteiger partial charge < -0.3 is 13.4 Å². The van der Waals surface area contributed by atoms with E-state index in [1.807, 2.05) is 24.3 Å². The SMILES string of the molecule is c1ccc2cc3c(cc2c1)c1ccccc1n3-c1cc(-c2nc(-c3ccc4c(c3)oc3ccccc34)nc(-c3cccc4ccccc34)n2)c2oc3c4ccccc4ccc3c2c1. The van der Waals surface area contributed by atoms with Crippen molar-refractivity contribution >= 4 is 98.0 Å². The van der Waals surface area contributed by atoms with Crippen molar-refractivity contribution in [3.8, 4) is 39.9 Å². The summed E-state index contributed by atoms with van der Waals surface area (Å²) in [5, 5.41) is 13.2. The Morgan fingerprint density at radius 1 is 0.317 bits per heavy atom. The maximum Gasteiger partial charge on any atom is 0.167 e. The molecule has 6 heteroatoms. The van der Waals surface area contributed by atoms with E-state index < -0.39 is 0 Å². The van der Waals surface area contributed by atoms with Crippen LogP contribution in [0, 0.1) is 0 Å². The second kappa shape index (κ2) is 12.9. The first kappa shape index (κ1) is 34.1. The Morgan fingerprint density at radius 2 is 0.952 bits per heavy atom. The molecule has 14 rings (SSSR count). The number of hydrogen-bond donors (Lipinski definition) is 0. The van der Waals surface area contributed by atoms with Gasteiger partial charge in [0.1, 0.15) is 22.3 Å². The van der Waals surface area contributed by atoms with Crippen LogP contribution in [-0.2, 0) is 0 Å².